The Morgan fingerprint density at radius 1 is 1.00 bits per heavy atom. The Bertz CT molecular complexity index is 971. The molecule has 8 nitrogen and oxygen atoms in total. The predicted octanol–water partition coefficient (Wildman–Crippen LogP) is 4.08. The van der Waals surface area contributed by atoms with Gasteiger partial charge in [-0.1, -0.05) is 36.8 Å². The molecule has 0 fully saturated rings. The van der Waals surface area contributed by atoms with Crippen LogP contribution in [0.15, 0.2) is 30.3 Å². The van der Waals surface area contributed by atoms with Gasteiger partial charge in [-0.25, -0.2) is 4.79 Å². The number of rotatable bonds is 12. The van der Waals surface area contributed by atoms with Crippen molar-refractivity contribution in [2.45, 2.75) is 46.5 Å². The van der Waals surface area contributed by atoms with E-state index in [-0.39, 0.29) is 18.9 Å². The second-order valence-electron chi connectivity index (χ2n) is 7.33. The van der Waals surface area contributed by atoms with Crippen molar-refractivity contribution < 1.29 is 28.7 Å². The smallest absolute Gasteiger partial charge is 0.341 e. The minimum absolute atomic E-state index is 0.0802. The average molecular weight is 475 g/mol. The molecule has 1 aromatic carbocycles. The monoisotopic (exact) mass is 474 g/mol. The molecule has 0 unspecified atom stereocenters. The molecule has 0 saturated carbocycles. The number of hydrogen-bond donors (Lipinski definition) is 2. The maximum Gasteiger partial charge on any atom is 0.341 e. The van der Waals surface area contributed by atoms with Crippen LogP contribution in [0.2, 0.25) is 0 Å². The molecule has 2 N–H and O–H groups in total. The second kappa shape index (κ2) is 13.4. The summed E-state index contributed by atoms with van der Waals surface area (Å²) < 4.78 is 10.3. The van der Waals surface area contributed by atoms with Crippen molar-refractivity contribution in [1.82, 2.24) is 5.32 Å². The standard InChI is InChI=1S/C24H30N2O6S/c1-4-31-24(30)22-21(18-11-7-5-8-12-18)16(2)33-23(22)26-19(28)15-32-20(29)13-9-6-10-14-25-17(3)27/h5,7-8,11-12H,4,6,9-10,13-15H2,1-3H3,(H,25,27)(H,26,28). The lowest BCUT2D eigenvalue weighted by atomic mass is 10.0. The number of nitrogens with one attached hydrogen (secondary N) is 2. The number of hydrogen-bond acceptors (Lipinski definition) is 7. The van der Waals surface area contributed by atoms with Gasteiger partial charge < -0.3 is 20.1 Å². The van der Waals surface area contributed by atoms with E-state index < -0.39 is 24.5 Å². The van der Waals surface area contributed by atoms with Crippen molar-refractivity contribution in [3.63, 3.8) is 0 Å². The van der Waals surface area contributed by atoms with E-state index in [0.717, 1.165) is 23.3 Å². The Balaban J connectivity index is 1.95. The number of unbranched alkanes of at least 4 members (excludes halogenated alkanes) is 2. The summed E-state index contributed by atoms with van der Waals surface area (Å²) in [5.74, 6) is -1.60. The fourth-order valence-corrected chi connectivity index (χ4v) is 4.28. The van der Waals surface area contributed by atoms with Crippen molar-refractivity contribution in [3.8, 4) is 11.1 Å². The van der Waals surface area contributed by atoms with E-state index in [0.29, 0.717) is 29.1 Å². The lowest BCUT2D eigenvalue weighted by Crippen LogP contribution is -2.22. The lowest BCUT2D eigenvalue weighted by Gasteiger charge is -2.09. The van der Waals surface area contributed by atoms with E-state index in [1.54, 1.807) is 6.92 Å². The second-order valence-corrected chi connectivity index (χ2v) is 8.55. The third-order valence-corrected chi connectivity index (χ3v) is 5.70. The van der Waals surface area contributed by atoms with Gasteiger partial charge in [-0.2, -0.15) is 0 Å². The van der Waals surface area contributed by atoms with Gasteiger partial charge in [0, 0.05) is 30.3 Å². The van der Waals surface area contributed by atoms with Crippen LogP contribution in [0.5, 0.6) is 0 Å². The van der Waals surface area contributed by atoms with Gasteiger partial charge in [0.15, 0.2) is 6.61 Å². The molecule has 0 saturated heterocycles. The summed E-state index contributed by atoms with van der Waals surface area (Å²) in [5, 5.41) is 5.75. The van der Waals surface area contributed by atoms with Gasteiger partial charge in [0.25, 0.3) is 5.91 Å². The number of ether oxygens (including phenoxy) is 2. The van der Waals surface area contributed by atoms with Crippen molar-refractivity contribution in [2.75, 3.05) is 25.1 Å². The number of carbonyl (C=O) groups excluding carboxylic acids is 4. The first kappa shape index (κ1) is 26.1. The molecule has 2 rings (SSSR count). The molecule has 178 valence electrons. The SMILES string of the molecule is CCOC(=O)c1c(NC(=O)COC(=O)CCCCCNC(C)=O)sc(C)c1-c1ccccc1. The molecule has 0 aliphatic heterocycles. The van der Waals surface area contributed by atoms with Gasteiger partial charge >= 0.3 is 11.9 Å². The minimum atomic E-state index is -0.527. The Kier molecular flexibility index (Phi) is 10.6. The summed E-state index contributed by atoms with van der Waals surface area (Å²) in [6.07, 6.45) is 2.34. The predicted molar refractivity (Wildman–Crippen MR) is 127 cm³/mol. The van der Waals surface area contributed by atoms with Crippen LogP contribution < -0.4 is 10.6 Å². The number of amides is 2. The zero-order valence-corrected chi connectivity index (χ0v) is 20.0. The highest BCUT2D eigenvalue weighted by atomic mass is 32.1. The van der Waals surface area contributed by atoms with Crippen molar-refractivity contribution in [3.05, 3.63) is 40.8 Å². The molecular formula is C24H30N2O6S. The molecule has 9 heteroatoms. The van der Waals surface area contributed by atoms with Gasteiger partial charge in [0.1, 0.15) is 10.6 Å². The highest BCUT2D eigenvalue weighted by Gasteiger charge is 2.25. The van der Waals surface area contributed by atoms with Gasteiger partial charge in [0.05, 0.1) is 6.61 Å². The summed E-state index contributed by atoms with van der Waals surface area (Å²) >= 11 is 1.27. The highest BCUT2D eigenvalue weighted by molar-refractivity contribution is 7.17. The first-order chi connectivity index (χ1) is 15.8. The highest BCUT2D eigenvalue weighted by Crippen LogP contribution is 2.40. The lowest BCUT2D eigenvalue weighted by molar-refractivity contribution is -0.147. The number of carbonyl (C=O) groups is 4. The van der Waals surface area contributed by atoms with E-state index in [9.17, 15) is 19.2 Å². The summed E-state index contributed by atoms with van der Waals surface area (Å²) in [5.41, 5.74) is 1.86. The molecule has 33 heavy (non-hydrogen) atoms. The van der Waals surface area contributed by atoms with E-state index in [4.69, 9.17) is 9.47 Å². The van der Waals surface area contributed by atoms with E-state index in [1.165, 1.54) is 18.3 Å². The number of esters is 2. The molecule has 0 aliphatic rings. The fourth-order valence-electron chi connectivity index (χ4n) is 3.20. The van der Waals surface area contributed by atoms with Gasteiger partial charge in [-0.3, -0.25) is 14.4 Å². The van der Waals surface area contributed by atoms with Crippen LogP contribution in [-0.4, -0.2) is 43.5 Å². The van der Waals surface area contributed by atoms with Crippen molar-refractivity contribution >= 4 is 40.1 Å². The first-order valence-corrected chi connectivity index (χ1v) is 11.7. The first-order valence-electron chi connectivity index (χ1n) is 10.9. The largest absolute Gasteiger partial charge is 0.462 e. The third-order valence-electron chi connectivity index (χ3n) is 4.68. The summed E-state index contributed by atoms with van der Waals surface area (Å²) in [6, 6.07) is 9.41. The van der Waals surface area contributed by atoms with Gasteiger partial charge in [-0.15, -0.1) is 11.3 Å². The van der Waals surface area contributed by atoms with Crippen LogP contribution >= 0.6 is 11.3 Å². The zero-order chi connectivity index (χ0) is 24.2. The zero-order valence-electron chi connectivity index (χ0n) is 19.2. The molecule has 1 heterocycles. The van der Waals surface area contributed by atoms with Crippen molar-refractivity contribution in [1.29, 1.82) is 0 Å². The molecule has 0 atom stereocenters. The number of anilines is 1. The van der Waals surface area contributed by atoms with Gasteiger partial charge in [0.2, 0.25) is 5.91 Å². The van der Waals surface area contributed by atoms with Gasteiger partial charge in [-0.05, 0) is 32.3 Å². The Morgan fingerprint density at radius 2 is 1.73 bits per heavy atom. The molecule has 1 aromatic heterocycles. The quantitative estimate of drug-likeness (QED) is 0.354. The molecule has 0 aliphatic carbocycles. The number of aryl methyl sites for hydroxylation is 1. The fraction of sp³-hybridized carbons (Fsp3) is 0.417. The van der Waals surface area contributed by atoms with E-state index in [2.05, 4.69) is 10.6 Å². The van der Waals surface area contributed by atoms with E-state index in [1.807, 2.05) is 37.3 Å². The normalized spacial score (nSPS) is 10.4. The molecule has 0 spiro atoms. The van der Waals surface area contributed by atoms with Crippen LogP contribution in [0.25, 0.3) is 11.1 Å². The number of benzene rings is 1. The summed E-state index contributed by atoms with van der Waals surface area (Å²) in [7, 11) is 0. The van der Waals surface area contributed by atoms with Crippen LogP contribution in [0.3, 0.4) is 0 Å². The van der Waals surface area contributed by atoms with Crippen LogP contribution in [0.1, 0.15) is 54.8 Å². The third kappa shape index (κ3) is 8.34. The van der Waals surface area contributed by atoms with Crippen LogP contribution in [0, 0.1) is 6.92 Å². The summed E-state index contributed by atoms with van der Waals surface area (Å²) in [4.78, 5) is 48.6. The molecule has 2 amide bonds. The Morgan fingerprint density at radius 3 is 2.39 bits per heavy atom. The molecule has 2 aromatic rings. The average Bonchev–Trinajstić information content (AvgIpc) is 3.10. The minimum Gasteiger partial charge on any atom is -0.462 e. The van der Waals surface area contributed by atoms with Crippen LogP contribution in [-0.2, 0) is 23.9 Å². The molecular weight excluding hydrogens is 444 g/mol. The maximum absolute atomic E-state index is 12.7. The van der Waals surface area contributed by atoms with Crippen LogP contribution in [0.4, 0.5) is 5.00 Å². The Labute approximate surface area is 197 Å². The Hall–Kier alpha value is -3.20. The topological polar surface area (TPSA) is 111 Å². The van der Waals surface area contributed by atoms with E-state index >= 15 is 0 Å². The number of thiophene rings is 1. The van der Waals surface area contributed by atoms with Crippen molar-refractivity contribution in [2.24, 2.45) is 0 Å². The summed E-state index contributed by atoms with van der Waals surface area (Å²) in [6.45, 7) is 5.38. The maximum atomic E-state index is 12.7. The molecule has 0 radical (unpaired) electrons. The molecule has 0 bridgehead atoms.